The zero-order valence-corrected chi connectivity index (χ0v) is 13.6. The Morgan fingerprint density at radius 1 is 1.25 bits per heavy atom. The summed E-state index contributed by atoms with van der Waals surface area (Å²) < 4.78 is 12.9. The molecule has 0 unspecified atom stereocenters. The lowest BCUT2D eigenvalue weighted by atomic mass is 9.86. The molecular weight excluding hydrogens is 308 g/mol. The van der Waals surface area contributed by atoms with Crippen LogP contribution in [0.2, 0.25) is 0 Å². The third kappa shape index (κ3) is 2.06. The number of aryl methyl sites for hydroxylation is 1. The van der Waals surface area contributed by atoms with Crippen LogP contribution in [-0.2, 0) is 11.8 Å². The lowest BCUT2D eigenvalue weighted by Crippen LogP contribution is -2.21. The number of aromatic nitrogens is 2. The van der Waals surface area contributed by atoms with E-state index in [2.05, 4.69) is 5.10 Å². The molecule has 0 aliphatic carbocycles. The molecule has 1 atom stereocenters. The largest absolute Gasteiger partial charge is 0.452 e. The number of carbonyl (C=O) groups is 2. The van der Waals surface area contributed by atoms with Gasteiger partial charge in [-0.1, -0.05) is 0 Å². The van der Waals surface area contributed by atoms with E-state index in [1.165, 1.54) is 0 Å². The summed E-state index contributed by atoms with van der Waals surface area (Å²) in [6.07, 6.45) is 3.78. The maximum Gasteiger partial charge on any atom is 0.312 e. The average Bonchev–Trinajstić information content (AvgIpc) is 3.10. The number of hydrogen-bond donors (Lipinski definition) is 0. The van der Waals surface area contributed by atoms with Crippen molar-refractivity contribution in [1.29, 1.82) is 0 Å². The molecule has 6 nitrogen and oxygen atoms in total. The van der Waals surface area contributed by atoms with Gasteiger partial charge < -0.3 is 9.47 Å². The van der Waals surface area contributed by atoms with E-state index in [1.807, 2.05) is 27.1 Å². The molecule has 1 aromatic heterocycles. The first kappa shape index (κ1) is 14.7. The Morgan fingerprint density at radius 2 is 2.04 bits per heavy atom. The molecule has 2 aliphatic heterocycles. The van der Waals surface area contributed by atoms with Crippen molar-refractivity contribution in [3.05, 3.63) is 52.5 Å². The van der Waals surface area contributed by atoms with E-state index >= 15 is 0 Å². The van der Waals surface area contributed by atoms with Crippen LogP contribution in [0.5, 0.6) is 11.5 Å². The van der Waals surface area contributed by atoms with Crippen LogP contribution in [-0.4, -0.2) is 21.5 Å². The fraction of sp³-hybridized carbons (Fsp3) is 0.278. The molecule has 2 aliphatic rings. The van der Waals surface area contributed by atoms with Crippen LogP contribution in [0.25, 0.3) is 0 Å². The smallest absolute Gasteiger partial charge is 0.312 e. The van der Waals surface area contributed by atoms with Gasteiger partial charge in [0, 0.05) is 24.7 Å². The van der Waals surface area contributed by atoms with Crippen LogP contribution >= 0.6 is 0 Å². The van der Waals surface area contributed by atoms with E-state index in [4.69, 9.17) is 9.47 Å². The summed E-state index contributed by atoms with van der Waals surface area (Å²) in [5, 5.41) is 4.19. The van der Waals surface area contributed by atoms with E-state index < -0.39 is 0 Å². The Morgan fingerprint density at radius 3 is 2.71 bits per heavy atom. The molecule has 6 heteroatoms. The molecule has 122 valence electrons. The van der Waals surface area contributed by atoms with E-state index in [0.717, 1.165) is 16.7 Å². The fourth-order valence-electron chi connectivity index (χ4n) is 3.23. The number of carbonyl (C=O) groups excluding carboxylic acids is 2. The first-order valence-corrected chi connectivity index (χ1v) is 7.72. The molecule has 4 rings (SSSR count). The number of esters is 1. The molecule has 0 bridgehead atoms. The van der Waals surface area contributed by atoms with Crippen LogP contribution in [0, 0.1) is 0 Å². The quantitative estimate of drug-likeness (QED) is 0.458. The summed E-state index contributed by atoms with van der Waals surface area (Å²) >= 11 is 0. The van der Waals surface area contributed by atoms with Crippen molar-refractivity contribution in [1.82, 2.24) is 9.78 Å². The van der Waals surface area contributed by atoms with Crippen LogP contribution < -0.4 is 9.47 Å². The van der Waals surface area contributed by atoms with E-state index in [1.54, 1.807) is 23.0 Å². The van der Waals surface area contributed by atoms with Gasteiger partial charge in [-0.15, -0.1) is 0 Å². The van der Waals surface area contributed by atoms with Gasteiger partial charge in [-0.25, -0.2) is 0 Å². The lowest BCUT2D eigenvalue weighted by molar-refractivity contribution is -0.135. The van der Waals surface area contributed by atoms with Gasteiger partial charge >= 0.3 is 5.97 Å². The number of benzene rings is 1. The third-order valence-corrected chi connectivity index (χ3v) is 4.34. The number of ether oxygens (including phenoxy) is 2. The summed E-state index contributed by atoms with van der Waals surface area (Å²) in [6, 6.07) is 3.33. The Kier molecular flexibility index (Phi) is 3.09. The minimum atomic E-state index is -0.303. The number of hydrogen-bond acceptors (Lipinski definition) is 5. The zero-order valence-electron chi connectivity index (χ0n) is 13.6. The molecular formula is C18H16N2O4. The molecule has 3 heterocycles. The molecule has 1 aromatic carbocycles. The second-order valence-electron chi connectivity index (χ2n) is 6.29. The number of ketones is 1. The van der Waals surface area contributed by atoms with Crippen molar-refractivity contribution in [3.63, 3.8) is 0 Å². The van der Waals surface area contributed by atoms with Gasteiger partial charge in [0.05, 0.1) is 18.2 Å². The molecule has 0 saturated carbocycles. The monoisotopic (exact) mass is 324 g/mol. The summed E-state index contributed by atoms with van der Waals surface area (Å²) in [7, 11) is 1.82. The standard InChI is InChI=1S/C18H16N2O4/c1-9(2)17-16(22)11-4-5-13-15(18(11)24-17)12(6-14(21)23-13)10-7-19-20(3)8-10/h4-5,7-8,12H,6H2,1-3H3/t12-/m0/s1. The number of allylic oxidation sites excluding steroid dienone is 2. The molecule has 0 radical (unpaired) electrons. The summed E-state index contributed by atoms with van der Waals surface area (Å²) in [5.41, 5.74) is 2.96. The highest BCUT2D eigenvalue weighted by atomic mass is 16.5. The third-order valence-electron chi connectivity index (χ3n) is 4.34. The molecule has 2 aromatic rings. The predicted molar refractivity (Wildman–Crippen MR) is 85.1 cm³/mol. The van der Waals surface area contributed by atoms with Gasteiger partial charge in [0.1, 0.15) is 11.5 Å². The first-order chi connectivity index (χ1) is 11.5. The Labute approximate surface area is 138 Å². The normalized spacial score (nSPS) is 18.8. The predicted octanol–water partition coefficient (Wildman–Crippen LogP) is 2.73. The minimum absolute atomic E-state index is 0.130. The zero-order chi connectivity index (χ0) is 17.0. The highest BCUT2D eigenvalue weighted by Gasteiger charge is 2.39. The summed E-state index contributed by atoms with van der Waals surface area (Å²) in [5.74, 6) is 0.615. The molecule has 0 spiro atoms. The number of nitrogens with zero attached hydrogens (tertiary/aromatic N) is 2. The molecule has 0 fully saturated rings. The number of fused-ring (bicyclic) bond motifs is 3. The van der Waals surface area contributed by atoms with Gasteiger partial charge in [-0.05, 0) is 37.1 Å². The maximum absolute atomic E-state index is 12.5. The topological polar surface area (TPSA) is 70.4 Å². The second-order valence-corrected chi connectivity index (χ2v) is 6.29. The molecule has 0 N–H and O–H groups in total. The van der Waals surface area contributed by atoms with Crippen LogP contribution in [0.3, 0.4) is 0 Å². The second kappa shape index (κ2) is 5.06. The van der Waals surface area contributed by atoms with Gasteiger partial charge in [0.2, 0.25) is 5.78 Å². The highest BCUT2D eigenvalue weighted by molar-refractivity contribution is 6.13. The SMILES string of the molecule is CC(C)=C1Oc2c(ccc3c2[C@H](c2cnn(C)c2)CC(=O)O3)C1=O. The van der Waals surface area contributed by atoms with Crippen molar-refractivity contribution >= 4 is 11.8 Å². The van der Waals surface area contributed by atoms with Crippen LogP contribution in [0.1, 0.15) is 47.7 Å². The average molecular weight is 324 g/mol. The van der Waals surface area contributed by atoms with Crippen LogP contribution in [0.15, 0.2) is 35.9 Å². The van der Waals surface area contributed by atoms with E-state index in [9.17, 15) is 9.59 Å². The molecule has 24 heavy (non-hydrogen) atoms. The van der Waals surface area contributed by atoms with Crippen LogP contribution in [0.4, 0.5) is 0 Å². The summed E-state index contributed by atoms with van der Waals surface area (Å²) in [6.45, 7) is 3.67. The minimum Gasteiger partial charge on any atom is -0.452 e. The van der Waals surface area contributed by atoms with Crippen molar-refractivity contribution < 1.29 is 19.1 Å². The van der Waals surface area contributed by atoms with Gasteiger partial charge in [0.25, 0.3) is 0 Å². The molecule has 0 saturated heterocycles. The van der Waals surface area contributed by atoms with Gasteiger partial charge in [-0.2, -0.15) is 5.10 Å². The number of Topliss-reactive ketones (excluding diaryl/α,β-unsaturated/α-hetero) is 1. The lowest BCUT2D eigenvalue weighted by Gasteiger charge is -2.25. The van der Waals surface area contributed by atoms with Crippen molar-refractivity contribution in [2.24, 2.45) is 7.05 Å². The van der Waals surface area contributed by atoms with Gasteiger partial charge in [0.15, 0.2) is 5.76 Å². The Hall–Kier alpha value is -2.89. The van der Waals surface area contributed by atoms with E-state index in [0.29, 0.717) is 22.8 Å². The molecule has 0 amide bonds. The van der Waals surface area contributed by atoms with E-state index in [-0.39, 0.29) is 24.1 Å². The van der Waals surface area contributed by atoms with Crippen molar-refractivity contribution in [3.8, 4) is 11.5 Å². The Balaban J connectivity index is 1.93. The maximum atomic E-state index is 12.5. The van der Waals surface area contributed by atoms with Crippen molar-refractivity contribution in [2.75, 3.05) is 0 Å². The number of rotatable bonds is 1. The fourth-order valence-corrected chi connectivity index (χ4v) is 3.23. The first-order valence-electron chi connectivity index (χ1n) is 7.72. The Bertz CT molecular complexity index is 919. The van der Waals surface area contributed by atoms with Crippen molar-refractivity contribution in [2.45, 2.75) is 26.2 Å². The highest BCUT2D eigenvalue weighted by Crippen LogP contribution is 2.48. The summed E-state index contributed by atoms with van der Waals surface area (Å²) in [4.78, 5) is 24.5. The van der Waals surface area contributed by atoms with Gasteiger partial charge in [-0.3, -0.25) is 14.3 Å².